The first-order chi connectivity index (χ1) is 5.74. The monoisotopic (exact) mass is 165 g/mol. The second-order valence-electron chi connectivity index (χ2n) is 2.41. The largest absolute Gasteiger partial charge is 0.334 e. The molecule has 0 aliphatic carbocycles. The molecular weight excluding hydrogens is 150 g/mol. The Balaban J connectivity index is 0.000000561. The Bertz CT molecular complexity index is 255. The van der Waals surface area contributed by atoms with Crippen molar-refractivity contribution in [2.45, 2.75) is 33.7 Å². The lowest BCUT2D eigenvalue weighted by Crippen LogP contribution is -1.95. The van der Waals surface area contributed by atoms with Crippen LogP contribution in [0.5, 0.6) is 0 Å². The molecule has 66 valence electrons. The molecule has 0 radical (unpaired) electrons. The van der Waals surface area contributed by atoms with E-state index in [2.05, 4.69) is 4.98 Å². The molecule has 0 N–H and O–H groups in total. The summed E-state index contributed by atoms with van der Waals surface area (Å²) in [7, 11) is 0. The number of aromatic nitrogens is 2. The molecule has 0 aliphatic heterocycles. The van der Waals surface area contributed by atoms with Crippen molar-refractivity contribution >= 4 is 0 Å². The second kappa shape index (κ2) is 5.36. The predicted molar refractivity (Wildman–Crippen MR) is 48.7 cm³/mol. The van der Waals surface area contributed by atoms with Crippen LogP contribution in [0.2, 0.25) is 0 Å². The Labute approximate surface area is 73.7 Å². The van der Waals surface area contributed by atoms with Gasteiger partial charge in [-0.2, -0.15) is 5.26 Å². The standard InChI is InChI=1S/C7H9N3.C2H6/c1-6(2)10-4-7(3-8)9-5-10;1-2/h4-6H,1-2H3;1-2H3. The topological polar surface area (TPSA) is 41.6 Å². The maximum atomic E-state index is 8.41. The van der Waals surface area contributed by atoms with Gasteiger partial charge in [0, 0.05) is 12.2 Å². The number of hydrogen-bond acceptors (Lipinski definition) is 2. The summed E-state index contributed by atoms with van der Waals surface area (Å²) >= 11 is 0. The molecule has 1 aromatic rings. The van der Waals surface area contributed by atoms with Crippen molar-refractivity contribution < 1.29 is 0 Å². The Morgan fingerprint density at radius 3 is 2.33 bits per heavy atom. The number of hydrogen-bond donors (Lipinski definition) is 0. The molecule has 0 unspecified atom stereocenters. The van der Waals surface area contributed by atoms with Crippen LogP contribution in [0.15, 0.2) is 12.5 Å². The number of nitriles is 1. The van der Waals surface area contributed by atoms with Crippen molar-refractivity contribution in [2.24, 2.45) is 0 Å². The zero-order valence-corrected chi connectivity index (χ0v) is 8.07. The van der Waals surface area contributed by atoms with E-state index >= 15 is 0 Å². The first-order valence-electron chi connectivity index (χ1n) is 4.17. The average molecular weight is 165 g/mol. The quantitative estimate of drug-likeness (QED) is 0.641. The minimum absolute atomic E-state index is 0.384. The van der Waals surface area contributed by atoms with Gasteiger partial charge in [-0.1, -0.05) is 13.8 Å². The van der Waals surface area contributed by atoms with Crippen molar-refractivity contribution in [2.75, 3.05) is 0 Å². The average Bonchev–Trinajstić information content (AvgIpc) is 2.55. The van der Waals surface area contributed by atoms with Gasteiger partial charge in [0.2, 0.25) is 0 Å². The molecule has 0 aliphatic rings. The van der Waals surface area contributed by atoms with Crippen molar-refractivity contribution in [1.29, 1.82) is 5.26 Å². The van der Waals surface area contributed by atoms with Crippen molar-refractivity contribution in [3.05, 3.63) is 18.2 Å². The van der Waals surface area contributed by atoms with Crippen molar-refractivity contribution in [3.63, 3.8) is 0 Å². The van der Waals surface area contributed by atoms with Crippen LogP contribution in [0.3, 0.4) is 0 Å². The first kappa shape index (κ1) is 10.7. The summed E-state index contributed by atoms with van der Waals surface area (Å²) in [6.45, 7) is 8.09. The number of imidazole rings is 1. The minimum Gasteiger partial charge on any atom is -0.334 e. The summed E-state index contributed by atoms with van der Waals surface area (Å²) in [6.07, 6.45) is 3.41. The van der Waals surface area contributed by atoms with E-state index in [-0.39, 0.29) is 0 Å². The highest BCUT2D eigenvalue weighted by molar-refractivity contribution is 5.15. The lowest BCUT2D eigenvalue weighted by atomic mass is 10.4. The molecule has 1 rings (SSSR count). The molecule has 0 atom stereocenters. The number of rotatable bonds is 1. The Morgan fingerprint density at radius 1 is 1.50 bits per heavy atom. The van der Waals surface area contributed by atoms with Crippen LogP contribution in [0.4, 0.5) is 0 Å². The minimum atomic E-state index is 0.384. The van der Waals surface area contributed by atoms with Gasteiger partial charge in [-0.3, -0.25) is 0 Å². The summed E-state index contributed by atoms with van der Waals surface area (Å²) < 4.78 is 1.90. The summed E-state index contributed by atoms with van der Waals surface area (Å²) in [5, 5.41) is 8.41. The molecule has 0 saturated carbocycles. The van der Waals surface area contributed by atoms with E-state index in [1.165, 1.54) is 0 Å². The third kappa shape index (κ3) is 2.75. The van der Waals surface area contributed by atoms with Crippen LogP contribution < -0.4 is 0 Å². The van der Waals surface area contributed by atoms with Gasteiger partial charge in [0.25, 0.3) is 0 Å². The van der Waals surface area contributed by atoms with E-state index < -0.39 is 0 Å². The van der Waals surface area contributed by atoms with Crippen LogP contribution in [0.1, 0.15) is 39.4 Å². The van der Waals surface area contributed by atoms with Crippen LogP contribution in [0, 0.1) is 11.3 Å². The molecule has 0 aromatic carbocycles. The maximum Gasteiger partial charge on any atom is 0.158 e. The van der Waals surface area contributed by atoms with Gasteiger partial charge in [-0.15, -0.1) is 0 Å². The fourth-order valence-electron chi connectivity index (χ4n) is 0.677. The highest BCUT2D eigenvalue weighted by Crippen LogP contribution is 2.03. The second-order valence-corrected chi connectivity index (χ2v) is 2.41. The van der Waals surface area contributed by atoms with Gasteiger partial charge < -0.3 is 4.57 Å². The van der Waals surface area contributed by atoms with E-state index in [9.17, 15) is 0 Å². The maximum absolute atomic E-state index is 8.41. The third-order valence-electron chi connectivity index (χ3n) is 1.31. The summed E-state index contributed by atoms with van der Waals surface area (Å²) in [6, 6.07) is 2.35. The summed E-state index contributed by atoms with van der Waals surface area (Å²) in [5.41, 5.74) is 0.480. The highest BCUT2D eigenvalue weighted by atomic mass is 15.0. The molecule has 1 heterocycles. The lowest BCUT2D eigenvalue weighted by Gasteiger charge is -2.02. The van der Waals surface area contributed by atoms with E-state index in [1.807, 2.05) is 38.3 Å². The smallest absolute Gasteiger partial charge is 0.158 e. The number of nitrogens with zero attached hydrogens (tertiary/aromatic N) is 3. The normalized spacial score (nSPS) is 8.67. The highest BCUT2D eigenvalue weighted by Gasteiger charge is 1.98. The van der Waals surface area contributed by atoms with E-state index in [0.717, 1.165) is 0 Å². The van der Waals surface area contributed by atoms with Crippen LogP contribution in [-0.2, 0) is 0 Å². The van der Waals surface area contributed by atoms with Crippen molar-refractivity contribution in [1.82, 2.24) is 9.55 Å². The summed E-state index contributed by atoms with van der Waals surface area (Å²) in [4.78, 5) is 3.86. The fourth-order valence-corrected chi connectivity index (χ4v) is 0.677. The summed E-state index contributed by atoms with van der Waals surface area (Å²) in [5.74, 6) is 0. The molecule has 0 fully saturated rings. The van der Waals surface area contributed by atoms with Gasteiger partial charge in [0.05, 0.1) is 6.33 Å². The van der Waals surface area contributed by atoms with Gasteiger partial charge in [-0.05, 0) is 13.8 Å². The zero-order valence-electron chi connectivity index (χ0n) is 8.07. The molecule has 3 nitrogen and oxygen atoms in total. The Kier molecular flexibility index (Phi) is 4.78. The lowest BCUT2D eigenvalue weighted by molar-refractivity contribution is 0.599. The molecular formula is C9H15N3. The van der Waals surface area contributed by atoms with Gasteiger partial charge in [0.1, 0.15) is 6.07 Å². The van der Waals surface area contributed by atoms with Gasteiger partial charge in [-0.25, -0.2) is 4.98 Å². The van der Waals surface area contributed by atoms with E-state index in [4.69, 9.17) is 5.26 Å². The van der Waals surface area contributed by atoms with E-state index in [0.29, 0.717) is 11.7 Å². The SMILES string of the molecule is CC.CC(C)n1cnc(C#N)c1. The third-order valence-corrected chi connectivity index (χ3v) is 1.31. The molecule has 0 spiro atoms. The van der Waals surface area contributed by atoms with Gasteiger partial charge in [0.15, 0.2) is 5.69 Å². The molecule has 3 heteroatoms. The molecule has 0 amide bonds. The van der Waals surface area contributed by atoms with Crippen LogP contribution in [0.25, 0.3) is 0 Å². The molecule has 0 saturated heterocycles. The first-order valence-corrected chi connectivity index (χ1v) is 4.17. The van der Waals surface area contributed by atoms with Crippen LogP contribution in [-0.4, -0.2) is 9.55 Å². The van der Waals surface area contributed by atoms with Crippen molar-refractivity contribution in [3.8, 4) is 6.07 Å². The Morgan fingerprint density at radius 2 is 2.08 bits per heavy atom. The molecule has 12 heavy (non-hydrogen) atoms. The fraction of sp³-hybridized carbons (Fsp3) is 0.556. The zero-order chi connectivity index (χ0) is 9.56. The predicted octanol–water partition coefficient (Wildman–Crippen LogP) is 2.36. The molecule has 0 bridgehead atoms. The van der Waals surface area contributed by atoms with Gasteiger partial charge >= 0.3 is 0 Å². The van der Waals surface area contributed by atoms with E-state index in [1.54, 1.807) is 12.5 Å². The Hall–Kier alpha value is -1.30. The molecule has 1 aromatic heterocycles. The van der Waals surface area contributed by atoms with Crippen LogP contribution >= 0.6 is 0 Å².